The molecule has 6 nitrogen and oxygen atoms in total. The Kier molecular flexibility index (Phi) is 8.58. The molecule has 126 valence electrons. The second-order valence-corrected chi connectivity index (χ2v) is 5.69. The molecular formula is C16H30N4O2. The third-order valence-corrected chi connectivity index (χ3v) is 3.00. The maximum absolute atomic E-state index is 5.56. The highest BCUT2D eigenvalue weighted by Gasteiger charge is 2.05. The second-order valence-electron chi connectivity index (χ2n) is 5.69. The molecule has 0 unspecified atom stereocenters. The lowest BCUT2D eigenvalue weighted by atomic mass is 10.2. The number of hydrogen-bond donors (Lipinski definition) is 2. The average molecular weight is 310 g/mol. The van der Waals surface area contributed by atoms with E-state index in [-0.39, 0.29) is 0 Å². The number of ether oxygens (including phenoxy) is 1. The molecule has 0 aliphatic carbocycles. The van der Waals surface area contributed by atoms with Crippen molar-refractivity contribution in [1.29, 1.82) is 0 Å². The first kappa shape index (κ1) is 18.5. The van der Waals surface area contributed by atoms with E-state index in [2.05, 4.69) is 34.5 Å². The van der Waals surface area contributed by atoms with Crippen LogP contribution in [0.3, 0.4) is 0 Å². The average Bonchev–Trinajstić information content (AvgIpc) is 2.78. The van der Waals surface area contributed by atoms with E-state index in [1.54, 1.807) is 0 Å². The minimum atomic E-state index is 0.438. The van der Waals surface area contributed by atoms with Gasteiger partial charge in [0.05, 0.1) is 5.69 Å². The first-order valence-corrected chi connectivity index (χ1v) is 8.05. The van der Waals surface area contributed by atoms with Gasteiger partial charge in [0.2, 0.25) is 5.89 Å². The zero-order valence-corrected chi connectivity index (χ0v) is 14.5. The highest BCUT2D eigenvalue weighted by Crippen LogP contribution is 2.08. The number of rotatable bonds is 9. The number of aliphatic imine (C=N–C) groups is 1. The van der Waals surface area contributed by atoms with Crippen LogP contribution in [0, 0.1) is 19.8 Å². The molecule has 0 atom stereocenters. The van der Waals surface area contributed by atoms with Crippen LogP contribution in [-0.2, 0) is 11.3 Å². The van der Waals surface area contributed by atoms with E-state index in [0.717, 1.165) is 50.1 Å². The minimum Gasteiger partial charge on any atom is -0.444 e. The normalized spacial score (nSPS) is 12.0. The van der Waals surface area contributed by atoms with E-state index in [1.807, 2.05) is 20.8 Å². The van der Waals surface area contributed by atoms with E-state index in [4.69, 9.17) is 9.15 Å². The summed E-state index contributed by atoms with van der Waals surface area (Å²) in [7, 11) is 0. The van der Waals surface area contributed by atoms with Crippen molar-refractivity contribution in [2.75, 3.05) is 26.3 Å². The van der Waals surface area contributed by atoms with Crippen molar-refractivity contribution in [3.63, 3.8) is 0 Å². The zero-order valence-electron chi connectivity index (χ0n) is 14.5. The molecule has 0 spiro atoms. The molecule has 0 radical (unpaired) electrons. The van der Waals surface area contributed by atoms with Gasteiger partial charge in [0.25, 0.3) is 0 Å². The first-order chi connectivity index (χ1) is 10.5. The van der Waals surface area contributed by atoms with Crippen molar-refractivity contribution in [3.05, 3.63) is 17.3 Å². The quantitative estimate of drug-likeness (QED) is 0.416. The maximum atomic E-state index is 5.56. The number of hydrogen-bond acceptors (Lipinski definition) is 4. The van der Waals surface area contributed by atoms with Crippen molar-refractivity contribution in [3.8, 4) is 0 Å². The number of nitrogens with zero attached hydrogens (tertiary/aromatic N) is 2. The molecule has 0 saturated heterocycles. The van der Waals surface area contributed by atoms with Crippen LogP contribution in [0.1, 0.15) is 44.5 Å². The molecular weight excluding hydrogens is 280 g/mol. The van der Waals surface area contributed by atoms with Gasteiger partial charge in [0, 0.05) is 26.3 Å². The van der Waals surface area contributed by atoms with Crippen LogP contribution in [0.25, 0.3) is 0 Å². The summed E-state index contributed by atoms with van der Waals surface area (Å²) < 4.78 is 11.1. The van der Waals surface area contributed by atoms with Gasteiger partial charge in [-0.2, -0.15) is 0 Å². The number of nitrogens with one attached hydrogen (secondary N) is 2. The Balaban J connectivity index is 2.32. The van der Waals surface area contributed by atoms with Gasteiger partial charge in [0.15, 0.2) is 5.96 Å². The zero-order chi connectivity index (χ0) is 16.4. The fourth-order valence-corrected chi connectivity index (χ4v) is 1.80. The molecule has 1 heterocycles. The predicted octanol–water partition coefficient (Wildman–Crippen LogP) is 2.41. The van der Waals surface area contributed by atoms with Gasteiger partial charge in [-0.1, -0.05) is 13.8 Å². The Hall–Kier alpha value is -1.56. The highest BCUT2D eigenvalue weighted by atomic mass is 16.5. The summed E-state index contributed by atoms with van der Waals surface area (Å²) in [4.78, 5) is 8.81. The van der Waals surface area contributed by atoms with Crippen LogP contribution in [0.5, 0.6) is 0 Å². The van der Waals surface area contributed by atoms with E-state index in [0.29, 0.717) is 18.4 Å². The van der Waals surface area contributed by atoms with E-state index >= 15 is 0 Å². The van der Waals surface area contributed by atoms with Crippen molar-refractivity contribution in [2.45, 2.75) is 47.6 Å². The predicted molar refractivity (Wildman–Crippen MR) is 89.1 cm³/mol. The maximum Gasteiger partial charge on any atom is 0.216 e. The molecule has 2 N–H and O–H groups in total. The van der Waals surface area contributed by atoms with Crippen molar-refractivity contribution in [1.82, 2.24) is 15.6 Å². The topological polar surface area (TPSA) is 71.7 Å². The smallest absolute Gasteiger partial charge is 0.216 e. The SMILES string of the molecule is CCNC(=NCc1nc(C)c(C)o1)NCCCOCC(C)C. The van der Waals surface area contributed by atoms with Crippen LogP contribution in [0.2, 0.25) is 0 Å². The third kappa shape index (κ3) is 7.45. The fraction of sp³-hybridized carbons (Fsp3) is 0.750. The molecule has 0 aliphatic rings. The Morgan fingerprint density at radius 2 is 2.09 bits per heavy atom. The summed E-state index contributed by atoms with van der Waals surface area (Å²) in [5.74, 6) is 2.86. The van der Waals surface area contributed by atoms with Crippen molar-refractivity contribution < 1.29 is 9.15 Å². The lowest BCUT2D eigenvalue weighted by Gasteiger charge is -2.11. The van der Waals surface area contributed by atoms with Crippen LogP contribution in [-0.4, -0.2) is 37.2 Å². The van der Waals surface area contributed by atoms with Gasteiger partial charge in [-0.05, 0) is 33.1 Å². The highest BCUT2D eigenvalue weighted by molar-refractivity contribution is 5.79. The van der Waals surface area contributed by atoms with Crippen LogP contribution >= 0.6 is 0 Å². The lowest BCUT2D eigenvalue weighted by Crippen LogP contribution is -2.38. The van der Waals surface area contributed by atoms with Gasteiger partial charge < -0.3 is 19.8 Å². The summed E-state index contributed by atoms with van der Waals surface area (Å²) in [6, 6.07) is 0. The molecule has 1 aromatic heterocycles. The Labute approximate surface area is 133 Å². The van der Waals surface area contributed by atoms with E-state index in [9.17, 15) is 0 Å². The summed E-state index contributed by atoms with van der Waals surface area (Å²) in [5, 5.41) is 6.50. The lowest BCUT2D eigenvalue weighted by molar-refractivity contribution is 0.108. The van der Waals surface area contributed by atoms with Gasteiger partial charge >= 0.3 is 0 Å². The number of aryl methyl sites for hydroxylation is 2. The second kappa shape index (κ2) is 10.2. The van der Waals surface area contributed by atoms with Crippen molar-refractivity contribution in [2.24, 2.45) is 10.9 Å². The minimum absolute atomic E-state index is 0.438. The molecule has 1 aromatic rings. The Morgan fingerprint density at radius 1 is 1.32 bits per heavy atom. The largest absolute Gasteiger partial charge is 0.444 e. The van der Waals surface area contributed by atoms with Crippen molar-refractivity contribution >= 4 is 5.96 Å². The summed E-state index contributed by atoms with van der Waals surface area (Å²) in [5.41, 5.74) is 0.922. The fourth-order valence-electron chi connectivity index (χ4n) is 1.80. The Bertz CT molecular complexity index is 435. The molecule has 0 aliphatic heterocycles. The Morgan fingerprint density at radius 3 is 2.68 bits per heavy atom. The number of guanidine groups is 1. The monoisotopic (exact) mass is 310 g/mol. The van der Waals surface area contributed by atoms with Gasteiger partial charge in [-0.3, -0.25) is 0 Å². The molecule has 0 saturated carbocycles. The molecule has 0 fully saturated rings. The molecule has 6 heteroatoms. The third-order valence-electron chi connectivity index (χ3n) is 3.00. The van der Waals surface area contributed by atoms with Gasteiger partial charge in [-0.25, -0.2) is 9.98 Å². The van der Waals surface area contributed by atoms with Crippen LogP contribution < -0.4 is 10.6 Å². The molecule has 1 rings (SSSR count). The standard InChI is InChI=1S/C16H30N4O2/c1-6-17-16(18-8-7-9-21-11-12(2)3)19-10-15-20-13(4)14(5)22-15/h12H,6-11H2,1-5H3,(H2,17,18,19). The molecule has 0 amide bonds. The van der Waals surface area contributed by atoms with E-state index in [1.165, 1.54) is 0 Å². The molecule has 0 bridgehead atoms. The van der Waals surface area contributed by atoms with E-state index < -0.39 is 0 Å². The molecule has 0 aromatic carbocycles. The van der Waals surface area contributed by atoms with Crippen LogP contribution in [0.4, 0.5) is 0 Å². The van der Waals surface area contributed by atoms with Gasteiger partial charge in [0.1, 0.15) is 12.3 Å². The summed E-state index contributed by atoms with van der Waals surface area (Å²) in [6.45, 7) is 13.9. The van der Waals surface area contributed by atoms with Gasteiger partial charge in [-0.15, -0.1) is 0 Å². The first-order valence-electron chi connectivity index (χ1n) is 8.05. The molecule has 22 heavy (non-hydrogen) atoms. The van der Waals surface area contributed by atoms with Crippen LogP contribution in [0.15, 0.2) is 9.41 Å². The number of aromatic nitrogens is 1. The summed E-state index contributed by atoms with van der Waals surface area (Å²) >= 11 is 0. The summed E-state index contributed by atoms with van der Waals surface area (Å²) in [6.07, 6.45) is 0.953. The number of oxazole rings is 1.